The third kappa shape index (κ3) is 4.07. The summed E-state index contributed by atoms with van der Waals surface area (Å²) in [5.74, 6) is 1.17. The molecule has 0 aliphatic heterocycles. The number of ketones is 1. The van der Waals surface area contributed by atoms with Gasteiger partial charge in [-0.05, 0) is 31.9 Å². The van der Waals surface area contributed by atoms with E-state index in [1.54, 1.807) is 24.5 Å². The Morgan fingerprint density at radius 1 is 1.17 bits per heavy atom. The summed E-state index contributed by atoms with van der Waals surface area (Å²) in [6.45, 7) is 5.71. The highest BCUT2D eigenvalue weighted by molar-refractivity contribution is 7.22. The molecule has 0 saturated heterocycles. The van der Waals surface area contributed by atoms with E-state index >= 15 is 0 Å². The van der Waals surface area contributed by atoms with E-state index in [-0.39, 0.29) is 11.7 Å². The van der Waals surface area contributed by atoms with Crippen molar-refractivity contribution in [1.82, 2.24) is 9.97 Å². The first-order chi connectivity index (χ1) is 11.5. The van der Waals surface area contributed by atoms with Crippen LogP contribution in [0.5, 0.6) is 10.9 Å². The van der Waals surface area contributed by atoms with Gasteiger partial charge in [0.2, 0.25) is 0 Å². The number of nitrogens with zero attached hydrogens (tertiary/aromatic N) is 2. The Morgan fingerprint density at radius 2 is 1.92 bits per heavy atom. The largest absolute Gasteiger partial charge is 0.431 e. The van der Waals surface area contributed by atoms with Crippen molar-refractivity contribution >= 4 is 28.5 Å². The van der Waals surface area contributed by atoms with Gasteiger partial charge in [-0.2, -0.15) is 0 Å². The molecule has 1 aromatic carbocycles. The Hall–Kier alpha value is -2.05. The number of carbonyl (C=O) groups is 1. The number of aromatic nitrogens is 2. The summed E-state index contributed by atoms with van der Waals surface area (Å²) in [7, 11) is 0. The van der Waals surface area contributed by atoms with E-state index in [1.807, 2.05) is 37.4 Å². The Bertz CT molecular complexity index is 837. The maximum Gasteiger partial charge on any atom is 0.279 e. The van der Waals surface area contributed by atoms with Gasteiger partial charge in [-0.3, -0.25) is 0 Å². The van der Waals surface area contributed by atoms with Gasteiger partial charge < -0.3 is 9.53 Å². The minimum absolute atomic E-state index is 0.198. The fraction of sp³-hybridized carbons (Fsp3) is 0.278. The van der Waals surface area contributed by atoms with Crippen molar-refractivity contribution in [2.45, 2.75) is 33.1 Å². The van der Waals surface area contributed by atoms with Gasteiger partial charge in [-0.1, -0.05) is 36.0 Å². The van der Waals surface area contributed by atoms with Gasteiger partial charge in [0, 0.05) is 17.5 Å². The number of hydrogen-bond donors (Lipinski definition) is 0. The number of ether oxygens (including phenoxy) is 1. The monoisotopic (exact) mass is 358 g/mol. The zero-order valence-electron chi connectivity index (χ0n) is 13.8. The van der Waals surface area contributed by atoms with E-state index in [9.17, 15) is 4.79 Å². The Kier molecular flexibility index (Phi) is 5.06. The van der Waals surface area contributed by atoms with Crippen LogP contribution in [0.1, 0.15) is 36.6 Å². The first-order valence-corrected chi connectivity index (χ1v) is 9.30. The molecule has 0 N–H and O–H groups in total. The maximum absolute atomic E-state index is 11.3. The molecule has 124 valence electrons. The van der Waals surface area contributed by atoms with Crippen molar-refractivity contribution in [2.24, 2.45) is 0 Å². The van der Waals surface area contributed by atoms with Crippen LogP contribution in [-0.2, 0) is 4.79 Å². The molecule has 0 radical (unpaired) electrons. The molecule has 0 aliphatic carbocycles. The fourth-order valence-corrected chi connectivity index (χ4v) is 4.07. The quantitative estimate of drug-likeness (QED) is 0.588. The van der Waals surface area contributed by atoms with Crippen molar-refractivity contribution in [3.8, 4) is 20.8 Å². The summed E-state index contributed by atoms with van der Waals surface area (Å²) in [5.41, 5.74) is 1.19. The molecular weight excluding hydrogens is 340 g/mol. The molecule has 0 amide bonds. The predicted octanol–water partition coefficient (Wildman–Crippen LogP) is 5.45. The molecule has 4 nitrogen and oxygen atoms in total. The highest BCUT2D eigenvalue weighted by Crippen LogP contribution is 2.37. The minimum Gasteiger partial charge on any atom is -0.431 e. The molecule has 0 aliphatic rings. The zero-order valence-corrected chi connectivity index (χ0v) is 15.4. The normalized spacial score (nSPS) is 12.1. The van der Waals surface area contributed by atoms with Gasteiger partial charge in [0.05, 0.1) is 11.1 Å². The van der Waals surface area contributed by atoms with Crippen molar-refractivity contribution in [3.05, 3.63) is 47.1 Å². The summed E-state index contributed by atoms with van der Waals surface area (Å²) in [5, 5.41) is 1.51. The molecule has 0 saturated carbocycles. The van der Waals surface area contributed by atoms with E-state index in [1.165, 1.54) is 16.9 Å². The van der Waals surface area contributed by atoms with Gasteiger partial charge in [-0.25, -0.2) is 9.97 Å². The lowest BCUT2D eigenvalue weighted by molar-refractivity contribution is -0.117. The average Bonchev–Trinajstić information content (AvgIpc) is 3.18. The van der Waals surface area contributed by atoms with Gasteiger partial charge in [0.25, 0.3) is 5.19 Å². The number of Topliss-reactive ketones (excluding diaryl/α,β-unsaturated/α-hetero) is 1. The van der Waals surface area contributed by atoms with Crippen LogP contribution < -0.4 is 4.74 Å². The number of carbonyl (C=O) groups excluding carboxylic acids is 1. The Balaban J connectivity index is 1.72. The van der Waals surface area contributed by atoms with Crippen molar-refractivity contribution in [3.63, 3.8) is 0 Å². The Morgan fingerprint density at radius 3 is 2.62 bits per heavy atom. The second kappa shape index (κ2) is 7.23. The second-order valence-corrected chi connectivity index (χ2v) is 7.84. The molecule has 3 rings (SSSR count). The first kappa shape index (κ1) is 16.8. The van der Waals surface area contributed by atoms with Crippen molar-refractivity contribution in [2.75, 3.05) is 0 Å². The first-order valence-electron chi connectivity index (χ1n) is 7.67. The van der Waals surface area contributed by atoms with Crippen LogP contribution in [0.4, 0.5) is 0 Å². The second-order valence-electron chi connectivity index (χ2n) is 5.78. The van der Waals surface area contributed by atoms with E-state index in [4.69, 9.17) is 4.74 Å². The molecule has 2 aromatic heterocycles. The van der Waals surface area contributed by atoms with Crippen molar-refractivity contribution < 1.29 is 9.53 Å². The molecule has 3 aromatic rings. The summed E-state index contributed by atoms with van der Waals surface area (Å²) in [6, 6.07) is 7.88. The standard InChI is InChI=1S/C18H18N2O2S2/c1-11-4-6-14(7-5-11)22-18-20-10-16(24-18)17-19-9-15(23-17)12(2)8-13(3)21/h4-7,9-10,12H,8H2,1-3H3. The third-order valence-electron chi connectivity index (χ3n) is 3.52. The van der Waals surface area contributed by atoms with Crippen LogP contribution in [0, 0.1) is 6.92 Å². The molecule has 0 fully saturated rings. The van der Waals surface area contributed by atoms with Gasteiger partial charge in [0.15, 0.2) is 0 Å². The van der Waals surface area contributed by atoms with E-state index in [0.717, 1.165) is 20.5 Å². The average molecular weight is 358 g/mol. The lowest BCUT2D eigenvalue weighted by Gasteiger charge is -2.04. The smallest absolute Gasteiger partial charge is 0.279 e. The summed E-state index contributed by atoms with van der Waals surface area (Å²) in [4.78, 5) is 22.1. The minimum atomic E-state index is 0.198. The fourth-order valence-electron chi connectivity index (χ4n) is 2.27. The zero-order chi connectivity index (χ0) is 17.1. The van der Waals surface area contributed by atoms with Gasteiger partial charge >= 0.3 is 0 Å². The SMILES string of the molecule is CC(=O)CC(C)c1cnc(-c2cnc(Oc3ccc(C)cc3)s2)s1. The van der Waals surface area contributed by atoms with Crippen LogP contribution in [0.3, 0.4) is 0 Å². The summed E-state index contributed by atoms with van der Waals surface area (Å²) in [6.07, 6.45) is 4.19. The molecule has 6 heteroatoms. The molecule has 0 bridgehead atoms. The van der Waals surface area contributed by atoms with Crippen LogP contribution in [0.2, 0.25) is 0 Å². The van der Waals surface area contributed by atoms with E-state index in [2.05, 4.69) is 16.9 Å². The number of rotatable bonds is 6. The van der Waals surface area contributed by atoms with Gasteiger partial charge in [0.1, 0.15) is 16.5 Å². The topological polar surface area (TPSA) is 52.1 Å². The number of aryl methyl sites for hydroxylation is 1. The predicted molar refractivity (Wildman–Crippen MR) is 98.2 cm³/mol. The van der Waals surface area contributed by atoms with Crippen LogP contribution >= 0.6 is 22.7 Å². The Labute approximate surface area is 149 Å². The molecule has 1 unspecified atom stereocenters. The molecule has 2 heterocycles. The maximum atomic E-state index is 11.3. The van der Waals surface area contributed by atoms with Crippen molar-refractivity contribution in [1.29, 1.82) is 0 Å². The van der Waals surface area contributed by atoms with Crippen LogP contribution in [0.15, 0.2) is 36.7 Å². The highest BCUT2D eigenvalue weighted by atomic mass is 32.1. The number of hydrogen-bond acceptors (Lipinski definition) is 6. The summed E-state index contributed by atoms with van der Waals surface area (Å²) >= 11 is 3.08. The highest BCUT2D eigenvalue weighted by Gasteiger charge is 2.15. The van der Waals surface area contributed by atoms with Gasteiger partial charge in [-0.15, -0.1) is 11.3 Å². The number of benzene rings is 1. The lowest BCUT2D eigenvalue weighted by Crippen LogP contribution is -1.97. The van der Waals surface area contributed by atoms with E-state index < -0.39 is 0 Å². The molecule has 24 heavy (non-hydrogen) atoms. The lowest BCUT2D eigenvalue weighted by atomic mass is 10.0. The number of thiazole rings is 2. The van der Waals surface area contributed by atoms with Crippen LogP contribution in [0.25, 0.3) is 9.88 Å². The van der Waals surface area contributed by atoms with Crippen LogP contribution in [-0.4, -0.2) is 15.8 Å². The molecule has 1 atom stereocenters. The summed E-state index contributed by atoms with van der Waals surface area (Å²) < 4.78 is 5.78. The third-order valence-corrected chi connectivity index (χ3v) is 5.80. The molecule has 0 spiro atoms. The van der Waals surface area contributed by atoms with E-state index in [0.29, 0.717) is 11.6 Å². The molecular formula is C18H18N2O2S2.